The Morgan fingerprint density at radius 3 is 2.50 bits per heavy atom. The van der Waals surface area contributed by atoms with Gasteiger partial charge in [-0.3, -0.25) is 19.4 Å². The molecular weight excluding hydrogens is 328 g/mol. The zero-order valence-electron chi connectivity index (χ0n) is 16.4. The summed E-state index contributed by atoms with van der Waals surface area (Å²) in [4.78, 5) is 31.8. The molecule has 2 saturated heterocycles. The molecule has 0 aromatic carbocycles. The average molecular weight is 365 g/mol. The highest BCUT2D eigenvalue weighted by atomic mass is 16.2. The van der Waals surface area contributed by atoms with Crippen LogP contribution < -0.4 is 5.32 Å². The van der Waals surface area contributed by atoms with Crippen molar-refractivity contribution in [2.45, 2.75) is 70.4 Å². The van der Waals surface area contributed by atoms with Gasteiger partial charge >= 0.3 is 0 Å². The van der Waals surface area contributed by atoms with E-state index in [1.54, 1.807) is 0 Å². The number of carbonyl (C=O) groups excluding carboxylic acids is 2. The van der Waals surface area contributed by atoms with Crippen molar-refractivity contribution in [3.63, 3.8) is 0 Å². The SMILES string of the molecule is CCN1CCNC(=O)C1CC(=O)N1CCCN(C2CCCCCC2)CC1. The first kappa shape index (κ1) is 19.6. The van der Waals surface area contributed by atoms with Gasteiger partial charge in [0.2, 0.25) is 11.8 Å². The van der Waals surface area contributed by atoms with E-state index >= 15 is 0 Å². The van der Waals surface area contributed by atoms with Crippen LogP contribution in [0.25, 0.3) is 0 Å². The summed E-state index contributed by atoms with van der Waals surface area (Å²) in [7, 11) is 0. The van der Waals surface area contributed by atoms with Crippen LogP contribution in [0.4, 0.5) is 0 Å². The molecule has 3 fully saturated rings. The normalized spacial score (nSPS) is 27.7. The summed E-state index contributed by atoms with van der Waals surface area (Å²) in [5.74, 6) is 0.162. The van der Waals surface area contributed by atoms with Gasteiger partial charge in [0.25, 0.3) is 0 Å². The molecule has 0 spiro atoms. The molecule has 1 atom stereocenters. The van der Waals surface area contributed by atoms with Crippen molar-refractivity contribution < 1.29 is 9.59 Å². The van der Waals surface area contributed by atoms with Crippen LogP contribution >= 0.6 is 0 Å². The Hall–Kier alpha value is -1.14. The standard InChI is InChI=1S/C20H36N4O2/c1-2-22-13-10-21-20(26)18(22)16-19(25)24-12-7-11-23(14-15-24)17-8-5-3-4-6-9-17/h17-18H,2-16H2,1H3,(H,21,26). The van der Waals surface area contributed by atoms with Crippen molar-refractivity contribution in [2.75, 3.05) is 45.8 Å². The Morgan fingerprint density at radius 1 is 1.00 bits per heavy atom. The lowest BCUT2D eigenvalue weighted by Crippen LogP contribution is -2.56. The molecule has 1 aliphatic carbocycles. The summed E-state index contributed by atoms with van der Waals surface area (Å²) in [6.07, 6.45) is 9.49. The van der Waals surface area contributed by atoms with Crippen molar-refractivity contribution in [3.05, 3.63) is 0 Å². The van der Waals surface area contributed by atoms with Gasteiger partial charge in [-0.05, 0) is 25.8 Å². The van der Waals surface area contributed by atoms with Crippen molar-refractivity contribution in [2.24, 2.45) is 0 Å². The highest BCUT2D eigenvalue weighted by molar-refractivity contribution is 5.88. The number of amides is 2. The molecule has 2 heterocycles. The quantitative estimate of drug-likeness (QED) is 0.767. The predicted octanol–water partition coefficient (Wildman–Crippen LogP) is 1.45. The molecule has 1 N–H and O–H groups in total. The molecule has 1 unspecified atom stereocenters. The molecule has 0 bridgehead atoms. The van der Waals surface area contributed by atoms with Gasteiger partial charge in [-0.15, -0.1) is 0 Å². The van der Waals surface area contributed by atoms with E-state index < -0.39 is 0 Å². The Morgan fingerprint density at radius 2 is 1.77 bits per heavy atom. The highest BCUT2D eigenvalue weighted by Gasteiger charge is 2.32. The second-order valence-corrected chi connectivity index (χ2v) is 8.06. The van der Waals surface area contributed by atoms with Crippen molar-refractivity contribution in [1.29, 1.82) is 0 Å². The van der Waals surface area contributed by atoms with E-state index in [0.717, 1.165) is 45.7 Å². The highest BCUT2D eigenvalue weighted by Crippen LogP contribution is 2.23. The number of nitrogens with one attached hydrogen (secondary N) is 1. The van der Waals surface area contributed by atoms with Crippen LogP contribution in [-0.2, 0) is 9.59 Å². The van der Waals surface area contributed by atoms with E-state index in [4.69, 9.17) is 0 Å². The molecule has 1 saturated carbocycles. The second-order valence-electron chi connectivity index (χ2n) is 8.06. The Balaban J connectivity index is 1.52. The number of nitrogens with zero attached hydrogens (tertiary/aromatic N) is 3. The fraction of sp³-hybridized carbons (Fsp3) is 0.900. The monoisotopic (exact) mass is 364 g/mol. The van der Waals surface area contributed by atoms with Gasteiger partial charge in [0.05, 0.1) is 12.5 Å². The van der Waals surface area contributed by atoms with E-state index in [-0.39, 0.29) is 17.9 Å². The minimum atomic E-state index is -0.289. The third kappa shape index (κ3) is 4.97. The van der Waals surface area contributed by atoms with Gasteiger partial charge in [0.1, 0.15) is 0 Å². The number of carbonyl (C=O) groups is 2. The molecule has 2 amide bonds. The lowest BCUT2D eigenvalue weighted by atomic mass is 10.1. The van der Waals surface area contributed by atoms with Crippen molar-refractivity contribution in [3.8, 4) is 0 Å². The average Bonchev–Trinajstić information content (AvgIpc) is 3.06. The van der Waals surface area contributed by atoms with Gasteiger partial charge < -0.3 is 10.2 Å². The lowest BCUT2D eigenvalue weighted by Gasteiger charge is -2.35. The van der Waals surface area contributed by atoms with Crippen LogP contribution in [0.5, 0.6) is 0 Å². The van der Waals surface area contributed by atoms with Crippen molar-refractivity contribution in [1.82, 2.24) is 20.0 Å². The summed E-state index contributed by atoms with van der Waals surface area (Å²) in [6, 6.07) is 0.426. The summed E-state index contributed by atoms with van der Waals surface area (Å²) in [5, 5.41) is 2.91. The van der Waals surface area contributed by atoms with Crippen LogP contribution in [0.1, 0.15) is 58.3 Å². The van der Waals surface area contributed by atoms with Crippen LogP contribution in [0.3, 0.4) is 0 Å². The van der Waals surface area contributed by atoms with E-state index in [1.807, 2.05) is 4.90 Å². The Bertz CT molecular complexity index is 476. The van der Waals surface area contributed by atoms with Crippen LogP contribution in [0, 0.1) is 0 Å². The van der Waals surface area contributed by atoms with Gasteiger partial charge in [-0.2, -0.15) is 0 Å². The van der Waals surface area contributed by atoms with Gasteiger partial charge in [0, 0.05) is 45.3 Å². The third-order valence-electron chi connectivity index (χ3n) is 6.44. The number of likely N-dealkylation sites (N-methyl/N-ethyl adjacent to an activating group) is 1. The summed E-state index contributed by atoms with van der Waals surface area (Å²) in [6.45, 7) is 8.17. The molecule has 3 aliphatic rings. The van der Waals surface area contributed by atoms with E-state index in [1.165, 1.54) is 38.5 Å². The maximum atomic E-state index is 12.9. The van der Waals surface area contributed by atoms with Crippen LogP contribution in [-0.4, -0.2) is 84.4 Å². The van der Waals surface area contributed by atoms with Crippen LogP contribution in [0.2, 0.25) is 0 Å². The fourth-order valence-corrected chi connectivity index (χ4v) is 4.83. The largest absolute Gasteiger partial charge is 0.353 e. The molecule has 3 rings (SSSR count). The van der Waals surface area contributed by atoms with Crippen molar-refractivity contribution >= 4 is 11.8 Å². The molecule has 26 heavy (non-hydrogen) atoms. The summed E-state index contributed by atoms with van der Waals surface area (Å²) < 4.78 is 0. The number of hydrogen-bond donors (Lipinski definition) is 1. The molecule has 0 aromatic heterocycles. The minimum absolute atomic E-state index is 0.0151. The maximum absolute atomic E-state index is 12.9. The minimum Gasteiger partial charge on any atom is -0.353 e. The molecule has 148 valence electrons. The topological polar surface area (TPSA) is 55.9 Å². The maximum Gasteiger partial charge on any atom is 0.237 e. The second kappa shape index (κ2) is 9.70. The first-order chi connectivity index (χ1) is 12.7. The molecule has 2 aliphatic heterocycles. The summed E-state index contributed by atoms with van der Waals surface area (Å²) >= 11 is 0. The first-order valence-electron chi connectivity index (χ1n) is 10.7. The van der Waals surface area contributed by atoms with E-state index in [2.05, 4.69) is 22.0 Å². The number of rotatable bonds is 4. The predicted molar refractivity (Wildman–Crippen MR) is 103 cm³/mol. The van der Waals surface area contributed by atoms with Crippen LogP contribution in [0.15, 0.2) is 0 Å². The summed E-state index contributed by atoms with van der Waals surface area (Å²) in [5.41, 5.74) is 0. The smallest absolute Gasteiger partial charge is 0.237 e. The Labute approximate surface area is 158 Å². The Kier molecular flexibility index (Phi) is 7.32. The number of hydrogen-bond acceptors (Lipinski definition) is 4. The zero-order valence-corrected chi connectivity index (χ0v) is 16.4. The third-order valence-corrected chi connectivity index (χ3v) is 6.44. The molecule has 6 heteroatoms. The van der Waals surface area contributed by atoms with E-state index in [0.29, 0.717) is 19.0 Å². The molecule has 0 aromatic rings. The zero-order chi connectivity index (χ0) is 18.4. The van der Waals surface area contributed by atoms with Gasteiger partial charge in [0.15, 0.2) is 0 Å². The first-order valence-corrected chi connectivity index (χ1v) is 10.7. The molecule has 6 nitrogen and oxygen atoms in total. The molecular formula is C20H36N4O2. The molecule has 0 radical (unpaired) electrons. The van der Waals surface area contributed by atoms with Gasteiger partial charge in [-0.1, -0.05) is 32.6 Å². The lowest BCUT2D eigenvalue weighted by molar-refractivity contribution is -0.138. The van der Waals surface area contributed by atoms with Gasteiger partial charge in [-0.25, -0.2) is 0 Å². The number of piperazine rings is 1. The van der Waals surface area contributed by atoms with E-state index in [9.17, 15) is 9.59 Å². The fourth-order valence-electron chi connectivity index (χ4n) is 4.83.